The molecule has 3 aromatic rings. The summed E-state index contributed by atoms with van der Waals surface area (Å²) in [7, 11) is 1.24. The first-order valence-corrected chi connectivity index (χ1v) is 9.47. The van der Waals surface area contributed by atoms with Crippen LogP contribution in [0.1, 0.15) is 21.5 Å². The highest BCUT2D eigenvalue weighted by molar-refractivity contribution is 6.34. The number of nitro groups is 1. The molecule has 1 amide bonds. The van der Waals surface area contributed by atoms with Crippen molar-refractivity contribution in [2.45, 2.75) is 0 Å². The summed E-state index contributed by atoms with van der Waals surface area (Å²) in [5.74, 6) is -1.09. The Morgan fingerprint density at radius 2 is 1.77 bits per heavy atom. The van der Waals surface area contributed by atoms with Gasteiger partial charge in [-0.05, 0) is 35.4 Å². The van der Waals surface area contributed by atoms with Crippen molar-refractivity contribution in [1.82, 2.24) is 0 Å². The van der Waals surface area contributed by atoms with E-state index in [1.165, 1.54) is 31.4 Å². The van der Waals surface area contributed by atoms with E-state index in [2.05, 4.69) is 5.32 Å². The molecule has 0 unspecified atom stereocenters. The molecule has 0 heterocycles. The van der Waals surface area contributed by atoms with Gasteiger partial charge in [-0.1, -0.05) is 54.1 Å². The maximum Gasteiger partial charge on any atom is 0.339 e. The number of nitrogens with one attached hydrogen (secondary N) is 1. The normalized spacial score (nSPS) is 11.0. The average molecular weight is 437 g/mol. The Bertz CT molecular complexity index is 1180. The van der Waals surface area contributed by atoms with Crippen molar-refractivity contribution in [3.05, 3.63) is 105 Å². The molecule has 31 heavy (non-hydrogen) atoms. The lowest BCUT2D eigenvalue weighted by Crippen LogP contribution is -2.14. The number of carbonyl (C=O) groups is 2. The number of anilines is 1. The number of hydrogen-bond acceptors (Lipinski definition) is 5. The number of rotatable bonds is 6. The number of benzene rings is 3. The molecule has 0 aliphatic rings. The Balaban J connectivity index is 1.99. The third-order valence-corrected chi connectivity index (χ3v) is 4.68. The zero-order valence-electron chi connectivity index (χ0n) is 16.4. The average Bonchev–Trinajstić information content (AvgIpc) is 2.78. The quantitative estimate of drug-likeness (QED) is 0.188. The van der Waals surface area contributed by atoms with Gasteiger partial charge < -0.3 is 10.1 Å². The summed E-state index contributed by atoms with van der Waals surface area (Å²) in [6, 6.07) is 19.3. The molecule has 156 valence electrons. The topological polar surface area (TPSA) is 98.5 Å². The maximum absolute atomic E-state index is 13.1. The molecule has 0 aliphatic heterocycles. The Kier molecular flexibility index (Phi) is 6.79. The van der Waals surface area contributed by atoms with Gasteiger partial charge in [0.05, 0.1) is 22.6 Å². The standard InChI is InChI=1S/C23H17ClN2O5/c1-31-23(28)20-14-17(10-11-21(20)24)25-22(27)19(16-7-3-2-4-8-16)13-15-6-5-9-18(12-15)26(29)30/h2-14H,1H3,(H,25,27)/b19-13+. The van der Waals surface area contributed by atoms with Crippen LogP contribution in [0.4, 0.5) is 11.4 Å². The van der Waals surface area contributed by atoms with E-state index in [-0.39, 0.29) is 21.8 Å². The number of carbonyl (C=O) groups excluding carboxylic acids is 2. The lowest BCUT2D eigenvalue weighted by molar-refractivity contribution is -0.384. The summed E-state index contributed by atoms with van der Waals surface area (Å²) in [6.07, 6.45) is 1.56. The van der Waals surface area contributed by atoms with Crippen LogP contribution in [0.3, 0.4) is 0 Å². The second-order valence-corrected chi connectivity index (χ2v) is 6.82. The van der Waals surface area contributed by atoms with E-state index in [1.54, 1.807) is 48.5 Å². The van der Waals surface area contributed by atoms with E-state index in [0.717, 1.165) is 0 Å². The third kappa shape index (κ3) is 5.34. The predicted molar refractivity (Wildman–Crippen MR) is 119 cm³/mol. The van der Waals surface area contributed by atoms with Gasteiger partial charge in [-0.3, -0.25) is 14.9 Å². The van der Waals surface area contributed by atoms with Crippen LogP contribution < -0.4 is 5.32 Å². The molecule has 0 saturated heterocycles. The molecule has 3 rings (SSSR count). The van der Waals surface area contributed by atoms with Crippen LogP contribution in [0, 0.1) is 10.1 Å². The van der Waals surface area contributed by atoms with Crippen LogP contribution in [0.15, 0.2) is 72.8 Å². The van der Waals surface area contributed by atoms with Crippen LogP contribution in [-0.2, 0) is 9.53 Å². The first-order valence-electron chi connectivity index (χ1n) is 9.10. The van der Waals surface area contributed by atoms with Crippen molar-refractivity contribution >= 4 is 46.5 Å². The largest absolute Gasteiger partial charge is 0.465 e. The van der Waals surface area contributed by atoms with E-state index >= 15 is 0 Å². The van der Waals surface area contributed by atoms with Gasteiger partial charge in [-0.2, -0.15) is 0 Å². The highest BCUT2D eigenvalue weighted by atomic mass is 35.5. The number of nitro benzene ring substituents is 1. The number of amides is 1. The van der Waals surface area contributed by atoms with Crippen LogP contribution in [-0.4, -0.2) is 23.9 Å². The van der Waals surface area contributed by atoms with E-state index in [0.29, 0.717) is 16.8 Å². The summed E-state index contributed by atoms with van der Waals surface area (Å²) in [5.41, 5.74) is 1.78. The van der Waals surface area contributed by atoms with E-state index < -0.39 is 16.8 Å². The monoisotopic (exact) mass is 436 g/mol. The lowest BCUT2D eigenvalue weighted by atomic mass is 10.0. The van der Waals surface area contributed by atoms with Crippen LogP contribution in [0.2, 0.25) is 5.02 Å². The van der Waals surface area contributed by atoms with Crippen molar-refractivity contribution < 1.29 is 19.2 Å². The smallest absolute Gasteiger partial charge is 0.339 e. The first kappa shape index (κ1) is 21.7. The molecule has 3 aromatic carbocycles. The number of ether oxygens (including phenoxy) is 1. The zero-order valence-corrected chi connectivity index (χ0v) is 17.1. The minimum absolute atomic E-state index is 0.0815. The van der Waals surface area contributed by atoms with Gasteiger partial charge in [0.2, 0.25) is 0 Å². The molecule has 7 nitrogen and oxygen atoms in total. The maximum atomic E-state index is 13.1. The Hall–Kier alpha value is -3.97. The number of non-ortho nitro benzene ring substituents is 1. The summed E-state index contributed by atoms with van der Waals surface area (Å²) < 4.78 is 4.70. The number of methoxy groups -OCH3 is 1. The number of halogens is 1. The SMILES string of the molecule is COC(=O)c1cc(NC(=O)/C(=C/c2cccc([N+](=O)[O-])c2)c2ccccc2)ccc1Cl. The molecule has 8 heteroatoms. The summed E-state index contributed by atoms with van der Waals surface area (Å²) in [4.78, 5) is 35.6. The summed E-state index contributed by atoms with van der Waals surface area (Å²) >= 11 is 6.03. The van der Waals surface area contributed by atoms with Gasteiger partial charge in [0, 0.05) is 23.4 Å². The van der Waals surface area contributed by atoms with Gasteiger partial charge in [-0.25, -0.2) is 4.79 Å². The molecule has 0 aliphatic carbocycles. The Morgan fingerprint density at radius 3 is 2.45 bits per heavy atom. The minimum atomic E-state index is -0.628. The fraction of sp³-hybridized carbons (Fsp3) is 0.0435. The summed E-state index contributed by atoms with van der Waals surface area (Å²) in [5, 5.41) is 14.0. The van der Waals surface area contributed by atoms with Gasteiger partial charge >= 0.3 is 5.97 Å². The lowest BCUT2D eigenvalue weighted by Gasteiger charge is -2.11. The van der Waals surface area contributed by atoms with Gasteiger partial charge in [0.1, 0.15) is 0 Å². The molecule has 0 aromatic heterocycles. The molecular weight excluding hydrogens is 420 g/mol. The van der Waals surface area contributed by atoms with E-state index in [4.69, 9.17) is 16.3 Å². The van der Waals surface area contributed by atoms with Crippen molar-refractivity contribution in [3.63, 3.8) is 0 Å². The number of hydrogen-bond donors (Lipinski definition) is 1. The summed E-state index contributed by atoms with van der Waals surface area (Å²) in [6.45, 7) is 0. The minimum Gasteiger partial charge on any atom is -0.465 e. The highest BCUT2D eigenvalue weighted by Crippen LogP contribution is 2.25. The molecule has 0 bridgehead atoms. The Labute approximate surface area is 183 Å². The molecular formula is C23H17ClN2O5. The molecule has 0 radical (unpaired) electrons. The molecule has 0 spiro atoms. The molecule has 0 atom stereocenters. The van der Waals surface area contributed by atoms with Crippen LogP contribution in [0.25, 0.3) is 11.6 Å². The number of esters is 1. The van der Waals surface area contributed by atoms with Gasteiger partial charge in [0.15, 0.2) is 0 Å². The molecule has 1 N–H and O–H groups in total. The fourth-order valence-corrected chi connectivity index (χ4v) is 3.06. The first-order chi connectivity index (χ1) is 14.9. The van der Waals surface area contributed by atoms with Crippen molar-refractivity contribution in [1.29, 1.82) is 0 Å². The highest BCUT2D eigenvalue weighted by Gasteiger charge is 2.16. The van der Waals surface area contributed by atoms with Crippen LogP contribution >= 0.6 is 11.6 Å². The fourth-order valence-electron chi connectivity index (χ4n) is 2.86. The van der Waals surface area contributed by atoms with Crippen molar-refractivity contribution in [2.75, 3.05) is 12.4 Å². The predicted octanol–water partition coefficient (Wildman–Crippen LogP) is 5.21. The second-order valence-electron chi connectivity index (χ2n) is 6.42. The van der Waals surface area contributed by atoms with Crippen molar-refractivity contribution in [2.24, 2.45) is 0 Å². The van der Waals surface area contributed by atoms with E-state index in [1.807, 2.05) is 6.07 Å². The zero-order chi connectivity index (χ0) is 22.4. The van der Waals surface area contributed by atoms with Gasteiger partial charge in [-0.15, -0.1) is 0 Å². The van der Waals surface area contributed by atoms with E-state index in [9.17, 15) is 19.7 Å². The molecule has 0 fully saturated rings. The number of nitrogens with zero attached hydrogens (tertiary/aromatic N) is 1. The van der Waals surface area contributed by atoms with Crippen molar-refractivity contribution in [3.8, 4) is 0 Å². The second kappa shape index (κ2) is 9.69. The Morgan fingerprint density at radius 1 is 1.03 bits per heavy atom. The van der Waals surface area contributed by atoms with Crippen LogP contribution in [0.5, 0.6) is 0 Å². The third-order valence-electron chi connectivity index (χ3n) is 4.35. The van der Waals surface area contributed by atoms with Gasteiger partial charge in [0.25, 0.3) is 11.6 Å². The molecule has 0 saturated carbocycles.